The minimum atomic E-state index is -0.199. The lowest BCUT2D eigenvalue weighted by molar-refractivity contribution is -0.114. The van der Waals surface area contributed by atoms with Crippen molar-refractivity contribution in [3.05, 3.63) is 30.0 Å². The summed E-state index contributed by atoms with van der Waals surface area (Å²) >= 11 is 0. The van der Waals surface area contributed by atoms with Crippen LogP contribution in [0, 0.1) is 11.3 Å². The van der Waals surface area contributed by atoms with Crippen molar-refractivity contribution < 1.29 is 4.79 Å². The molecule has 0 bridgehead atoms. The Morgan fingerprint density at radius 1 is 1.39 bits per heavy atom. The normalized spacial score (nSPS) is 10.6. The van der Waals surface area contributed by atoms with Crippen LogP contribution in [-0.2, 0) is 11.8 Å². The third-order valence-corrected chi connectivity index (χ3v) is 3.09. The zero-order valence-electron chi connectivity index (χ0n) is 13.4. The molecule has 2 rings (SSSR count). The number of rotatable bonds is 4. The molecule has 1 heterocycles. The van der Waals surface area contributed by atoms with Crippen LogP contribution in [0.4, 0.5) is 22.9 Å². The molecule has 8 nitrogen and oxygen atoms in total. The number of nitrogens with zero attached hydrogens (tertiary/aromatic N) is 6. The van der Waals surface area contributed by atoms with Gasteiger partial charge in [-0.15, -0.1) is 10.2 Å². The SMILES string of the molecule is CC(=O)Nc1cc(N(C)C)ccc1N=Nc1c(C#N)cnn1C. The molecular formula is C15H17N7O. The first-order valence-corrected chi connectivity index (χ1v) is 6.85. The van der Waals surface area contributed by atoms with Crippen molar-refractivity contribution in [2.75, 3.05) is 24.3 Å². The lowest BCUT2D eigenvalue weighted by atomic mass is 10.2. The van der Waals surface area contributed by atoms with Gasteiger partial charge in [0.05, 0.1) is 11.9 Å². The van der Waals surface area contributed by atoms with E-state index in [-0.39, 0.29) is 5.91 Å². The smallest absolute Gasteiger partial charge is 0.221 e. The van der Waals surface area contributed by atoms with Crippen LogP contribution in [0.3, 0.4) is 0 Å². The lowest BCUT2D eigenvalue weighted by Gasteiger charge is -2.15. The molecule has 118 valence electrons. The van der Waals surface area contributed by atoms with Gasteiger partial charge < -0.3 is 10.2 Å². The number of hydrogen-bond donors (Lipinski definition) is 1. The number of nitrogens with one attached hydrogen (secondary N) is 1. The van der Waals surface area contributed by atoms with Crippen LogP contribution < -0.4 is 10.2 Å². The number of azo groups is 1. The first kappa shape index (κ1) is 16.2. The van der Waals surface area contributed by atoms with Gasteiger partial charge >= 0.3 is 0 Å². The molecular weight excluding hydrogens is 294 g/mol. The average Bonchev–Trinajstić information content (AvgIpc) is 2.85. The van der Waals surface area contributed by atoms with Gasteiger partial charge in [-0.2, -0.15) is 10.4 Å². The Hall–Kier alpha value is -3.21. The molecule has 0 unspecified atom stereocenters. The summed E-state index contributed by atoms with van der Waals surface area (Å²) in [5.74, 6) is 0.161. The van der Waals surface area contributed by atoms with Crippen LogP contribution in [0.2, 0.25) is 0 Å². The molecule has 8 heteroatoms. The quantitative estimate of drug-likeness (QED) is 0.877. The van der Waals surface area contributed by atoms with Crippen LogP contribution in [0.25, 0.3) is 0 Å². The number of benzene rings is 1. The second-order valence-corrected chi connectivity index (χ2v) is 5.09. The fraction of sp³-hybridized carbons (Fsp3) is 0.267. The van der Waals surface area contributed by atoms with E-state index in [1.807, 2.05) is 37.2 Å². The minimum absolute atomic E-state index is 0.199. The summed E-state index contributed by atoms with van der Waals surface area (Å²) in [6.07, 6.45) is 1.43. The van der Waals surface area contributed by atoms with E-state index in [1.165, 1.54) is 17.8 Å². The maximum atomic E-state index is 11.4. The molecule has 0 aliphatic carbocycles. The van der Waals surface area contributed by atoms with Crippen molar-refractivity contribution >= 4 is 28.8 Å². The summed E-state index contributed by atoms with van der Waals surface area (Å²) in [7, 11) is 5.49. The van der Waals surface area contributed by atoms with E-state index >= 15 is 0 Å². The fourth-order valence-electron chi connectivity index (χ4n) is 1.91. The van der Waals surface area contributed by atoms with Crippen molar-refractivity contribution in [3.8, 4) is 6.07 Å². The maximum Gasteiger partial charge on any atom is 0.221 e. The largest absolute Gasteiger partial charge is 0.378 e. The molecule has 0 atom stereocenters. The summed E-state index contributed by atoms with van der Waals surface area (Å²) in [4.78, 5) is 13.3. The number of carbonyl (C=O) groups is 1. The monoisotopic (exact) mass is 311 g/mol. The van der Waals surface area contributed by atoms with Crippen molar-refractivity contribution in [1.29, 1.82) is 5.26 Å². The van der Waals surface area contributed by atoms with E-state index in [0.29, 0.717) is 22.8 Å². The van der Waals surface area contributed by atoms with Gasteiger partial charge in [0.15, 0.2) is 5.82 Å². The first-order valence-electron chi connectivity index (χ1n) is 6.85. The van der Waals surface area contributed by atoms with E-state index in [0.717, 1.165) is 5.69 Å². The number of nitriles is 1. The van der Waals surface area contributed by atoms with Crippen LogP contribution in [0.1, 0.15) is 12.5 Å². The number of carbonyl (C=O) groups excluding carboxylic acids is 1. The van der Waals surface area contributed by atoms with Crippen LogP contribution in [0.5, 0.6) is 0 Å². The zero-order chi connectivity index (χ0) is 17.0. The van der Waals surface area contributed by atoms with Crippen LogP contribution >= 0.6 is 0 Å². The van der Waals surface area contributed by atoms with Gasteiger partial charge in [0, 0.05) is 33.8 Å². The Balaban J connectivity index is 2.42. The summed E-state index contributed by atoms with van der Waals surface area (Å²) < 4.78 is 1.47. The van der Waals surface area contributed by atoms with Gasteiger partial charge in [-0.05, 0) is 18.2 Å². The van der Waals surface area contributed by atoms with E-state index in [9.17, 15) is 4.79 Å². The predicted molar refractivity (Wildman–Crippen MR) is 87.2 cm³/mol. The Morgan fingerprint density at radius 3 is 2.74 bits per heavy atom. The number of anilines is 2. The molecule has 0 saturated carbocycles. The highest BCUT2D eigenvalue weighted by Crippen LogP contribution is 2.31. The van der Waals surface area contributed by atoms with Crippen LogP contribution in [0.15, 0.2) is 34.6 Å². The Kier molecular flexibility index (Phi) is 4.71. The topological polar surface area (TPSA) is 98.7 Å². The molecule has 0 saturated heterocycles. The number of aryl methyl sites for hydroxylation is 1. The van der Waals surface area contributed by atoms with Crippen LogP contribution in [-0.4, -0.2) is 29.8 Å². The Bertz CT molecular complexity index is 799. The summed E-state index contributed by atoms with van der Waals surface area (Å²) in [5, 5.41) is 24.0. The second-order valence-electron chi connectivity index (χ2n) is 5.09. The highest BCUT2D eigenvalue weighted by molar-refractivity contribution is 5.92. The molecule has 1 N–H and O–H groups in total. The van der Waals surface area contributed by atoms with Crippen molar-refractivity contribution in [2.45, 2.75) is 6.92 Å². The molecule has 1 aromatic carbocycles. The molecule has 0 fully saturated rings. The highest BCUT2D eigenvalue weighted by atomic mass is 16.1. The van der Waals surface area contributed by atoms with E-state index in [1.54, 1.807) is 13.1 Å². The molecule has 2 aromatic rings. The first-order chi connectivity index (χ1) is 10.9. The van der Waals surface area contributed by atoms with Gasteiger partial charge in [-0.25, -0.2) is 4.68 Å². The van der Waals surface area contributed by atoms with Gasteiger partial charge in [-0.1, -0.05) is 0 Å². The fourth-order valence-corrected chi connectivity index (χ4v) is 1.91. The van der Waals surface area contributed by atoms with Gasteiger partial charge in [0.2, 0.25) is 5.91 Å². The third kappa shape index (κ3) is 3.71. The highest BCUT2D eigenvalue weighted by Gasteiger charge is 2.09. The van der Waals surface area contributed by atoms with Gasteiger partial charge in [0.25, 0.3) is 0 Å². The second kappa shape index (κ2) is 6.70. The molecule has 0 spiro atoms. The minimum Gasteiger partial charge on any atom is -0.378 e. The maximum absolute atomic E-state index is 11.4. The molecule has 1 aromatic heterocycles. The molecule has 0 radical (unpaired) electrons. The van der Waals surface area contributed by atoms with E-state index in [2.05, 4.69) is 20.6 Å². The molecule has 23 heavy (non-hydrogen) atoms. The standard InChI is InChI=1S/C15H17N7O/c1-10(23)18-14-7-12(21(2)3)5-6-13(14)19-20-15-11(8-16)9-17-22(15)4/h5-7,9H,1-4H3,(H,18,23). The van der Waals surface area contributed by atoms with E-state index in [4.69, 9.17) is 5.26 Å². The Morgan fingerprint density at radius 2 is 2.13 bits per heavy atom. The van der Waals surface area contributed by atoms with Gasteiger partial charge in [0.1, 0.15) is 17.3 Å². The van der Waals surface area contributed by atoms with Crippen molar-refractivity contribution in [2.24, 2.45) is 17.3 Å². The predicted octanol–water partition coefficient (Wildman–Crippen LogP) is 2.73. The Labute approximate surface area is 134 Å². The lowest BCUT2D eigenvalue weighted by Crippen LogP contribution is -2.10. The summed E-state index contributed by atoms with van der Waals surface area (Å²) in [5.41, 5.74) is 2.30. The molecule has 1 amide bonds. The number of amides is 1. The average molecular weight is 311 g/mol. The summed E-state index contributed by atoms with van der Waals surface area (Å²) in [6.45, 7) is 1.43. The van der Waals surface area contributed by atoms with Crippen molar-refractivity contribution in [1.82, 2.24) is 9.78 Å². The third-order valence-electron chi connectivity index (χ3n) is 3.09. The molecule has 0 aliphatic rings. The summed E-state index contributed by atoms with van der Waals surface area (Å²) in [6, 6.07) is 7.45. The van der Waals surface area contributed by atoms with E-state index < -0.39 is 0 Å². The number of aromatic nitrogens is 2. The number of hydrogen-bond acceptors (Lipinski definition) is 6. The molecule has 0 aliphatic heterocycles. The van der Waals surface area contributed by atoms with Crippen molar-refractivity contribution in [3.63, 3.8) is 0 Å². The zero-order valence-corrected chi connectivity index (χ0v) is 13.4. The van der Waals surface area contributed by atoms with Gasteiger partial charge in [-0.3, -0.25) is 4.79 Å².